The Bertz CT molecular complexity index is 1070. The van der Waals surface area contributed by atoms with Gasteiger partial charge in [-0.3, -0.25) is 0 Å². The minimum atomic E-state index is 0.574. The molecule has 0 saturated heterocycles. The Morgan fingerprint density at radius 1 is 0.962 bits per heavy atom. The van der Waals surface area contributed by atoms with Crippen molar-refractivity contribution in [2.24, 2.45) is 0 Å². The zero-order valence-electron chi connectivity index (χ0n) is 14.9. The molecule has 2 aromatic carbocycles. The molecule has 0 atom stereocenters. The molecule has 0 spiro atoms. The summed E-state index contributed by atoms with van der Waals surface area (Å²) in [5, 5.41) is 4.35. The zero-order chi connectivity index (χ0) is 18.1. The summed E-state index contributed by atoms with van der Waals surface area (Å²) < 4.78 is 5.62. The van der Waals surface area contributed by atoms with E-state index in [4.69, 9.17) is 15.1 Å². The van der Waals surface area contributed by atoms with Gasteiger partial charge in [0, 0.05) is 16.6 Å². The van der Waals surface area contributed by atoms with Crippen LogP contribution in [0.3, 0.4) is 0 Å². The highest BCUT2D eigenvalue weighted by Gasteiger charge is 2.14. The second-order valence-corrected chi connectivity index (χ2v) is 6.43. The lowest BCUT2D eigenvalue weighted by Gasteiger charge is -2.15. The molecule has 0 radical (unpaired) electrons. The first-order valence-electron chi connectivity index (χ1n) is 8.67. The van der Waals surface area contributed by atoms with Gasteiger partial charge >= 0.3 is 0 Å². The molecule has 2 heterocycles. The van der Waals surface area contributed by atoms with Crippen LogP contribution >= 0.6 is 0 Å². The van der Waals surface area contributed by atoms with Crippen LogP contribution < -0.4 is 11.1 Å². The van der Waals surface area contributed by atoms with Gasteiger partial charge in [0.15, 0.2) is 0 Å². The fraction of sp³-hybridized carbons (Fsp3) is 0.136. The lowest BCUT2D eigenvalue weighted by Crippen LogP contribution is -2.06. The number of hydrogen-bond donors (Lipinski definition) is 2. The molecule has 0 bridgehead atoms. The molecule has 26 heavy (non-hydrogen) atoms. The molecular formula is C22H21N3O. The van der Waals surface area contributed by atoms with E-state index in [1.165, 1.54) is 0 Å². The first-order chi connectivity index (χ1) is 12.6. The van der Waals surface area contributed by atoms with Crippen molar-refractivity contribution in [1.82, 2.24) is 4.98 Å². The van der Waals surface area contributed by atoms with E-state index in [9.17, 15) is 0 Å². The Morgan fingerprint density at radius 3 is 2.50 bits per heavy atom. The number of nitrogen functional groups attached to an aromatic ring is 1. The molecule has 0 unspecified atom stereocenters. The van der Waals surface area contributed by atoms with Gasteiger partial charge in [-0.1, -0.05) is 42.5 Å². The van der Waals surface area contributed by atoms with E-state index >= 15 is 0 Å². The zero-order valence-corrected chi connectivity index (χ0v) is 14.9. The summed E-state index contributed by atoms with van der Waals surface area (Å²) in [6.45, 7) is 4.51. The summed E-state index contributed by atoms with van der Waals surface area (Å²) >= 11 is 0. The average molecular weight is 343 g/mol. The number of rotatable bonds is 4. The number of nitrogens with zero attached hydrogens (tertiary/aromatic N) is 1. The standard InChI is InChI=1S/C22H21N3O/c1-14-11-12-17(26-14)13-24-22-15(2)21(23)20-18(9-6-10-19(20)25-22)16-7-4-3-5-8-16/h3-12H,13H2,1-2H3,(H3,23,24,25). The molecule has 0 aliphatic carbocycles. The van der Waals surface area contributed by atoms with Crippen LogP contribution in [0.2, 0.25) is 0 Å². The predicted molar refractivity (Wildman–Crippen MR) is 107 cm³/mol. The largest absolute Gasteiger partial charge is 0.465 e. The van der Waals surface area contributed by atoms with E-state index in [0.717, 1.165) is 50.6 Å². The lowest BCUT2D eigenvalue weighted by molar-refractivity contribution is 0.490. The second kappa shape index (κ2) is 6.56. The average Bonchev–Trinajstić information content (AvgIpc) is 3.09. The third-order valence-electron chi connectivity index (χ3n) is 4.61. The molecule has 4 rings (SSSR count). The third-order valence-corrected chi connectivity index (χ3v) is 4.61. The van der Waals surface area contributed by atoms with Gasteiger partial charge in [0.05, 0.1) is 12.1 Å². The number of aromatic nitrogens is 1. The number of benzene rings is 2. The number of fused-ring (bicyclic) bond motifs is 1. The number of aryl methyl sites for hydroxylation is 1. The number of nitrogens with one attached hydrogen (secondary N) is 1. The van der Waals surface area contributed by atoms with E-state index in [2.05, 4.69) is 23.5 Å². The molecule has 0 fully saturated rings. The van der Waals surface area contributed by atoms with Crippen LogP contribution in [-0.2, 0) is 6.54 Å². The molecule has 4 aromatic rings. The Kier molecular flexibility index (Phi) is 4.09. The number of furan rings is 1. The van der Waals surface area contributed by atoms with Crippen LogP contribution in [0.5, 0.6) is 0 Å². The molecule has 4 nitrogen and oxygen atoms in total. The topological polar surface area (TPSA) is 64.1 Å². The molecule has 0 aliphatic heterocycles. The van der Waals surface area contributed by atoms with Crippen molar-refractivity contribution in [3.05, 3.63) is 77.7 Å². The maximum Gasteiger partial charge on any atom is 0.132 e. The van der Waals surface area contributed by atoms with Crippen molar-refractivity contribution in [1.29, 1.82) is 0 Å². The highest BCUT2D eigenvalue weighted by Crippen LogP contribution is 2.35. The van der Waals surface area contributed by atoms with E-state index in [-0.39, 0.29) is 0 Å². The summed E-state index contributed by atoms with van der Waals surface area (Å²) in [7, 11) is 0. The molecule has 3 N–H and O–H groups in total. The maximum atomic E-state index is 6.53. The van der Waals surface area contributed by atoms with E-state index < -0.39 is 0 Å². The van der Waals surface area contributed by atoms with Crippen LogP contribution in [-0.4, -0.2) is 4.98 Å². The first-order valence-corrected chi connectivity index (χ1v) is 8.67. The first kappa shape index (κ1) is 16.2. The van der Waals surface area contributed by atoms with Gasteiger partial charge in [0.2, 0.25) is 0 Å². The van der Waals surface area contributed by atoms with Gasteiger partial charge in [-0.05, 0) is 43.2 Å². The summed E-state index contributed by atoms with van der Waals surface area (Å²) in [6.07, 6.45) is 0. The normalized spacial score (nSPS) is 11.0. The van der Waals surface area contributed by atoms with Crippen molar-refractivity contribution in [3.8, 4) is 11.1 Å². The fourth-order valence-corrected chi connectivity index (χ4v) is 3.22. The predicted octanol–water partition coefficient (Wildman–Crippen LogP) is 5.31. The Labute approximate surface area is 152 Å². The molecule has 0 amide bonds. The van der Waals surface area contributed by atoms with Crippen molar-refractivity contribution in [3.63, 3.8) is 0 Å². The Hall–Kier alpha value is -3.27. The van der Waals surface area contributed by atoms with Gasteiger partial charge in [-0.15, -0.1) is 0 Å². The molecular weight excluding hydrogens is 322 g/mol. The van der Waals surface area contributed by atoms with Crippen molar-refractivity contribution < 1.29 is 4.42 Å². The third kappa shape index (κ3) is 2.90. The summed E-state index contributed by atoms with van der Waals surface area (Å²) in [5.74, 6) is 2.56. The van der Waals surface area contributed by atoms with E-state index in [0.29, 0.717) is 6.54 Å². The number of hydrogen-bond acceptors (Lipinski definition) is 4. The van der Waals surface area contributed by atoms with Crippen molar-refractivity contribution in [2.45, 2.75) is 20.4 Å². The van der Waals surface area contributed by atoms with Gasteiger partial charge in [-0.25, -0.2) is 4.98 Å². The van der Waals surface area contributed by atoms with Crippen molar-refractivity contribution >= 4 is 22.4 Å². The molecule has 0 saturated carbocycles. The van der Waals surface area contributed by atoms with Gasteiger partial charge < -0.3 is 15.5 Å². The van der Waals surface area contributed by atoms with Crippen LogP contribution in [0.15, 0.2) is 65.1 Å². The van der Waals surface area contributed by atoms with Gasteiger partial charge in [-0.2, -0.15) is 0 Å². The fourth-order valence-electron chi connectivity index (χ4n) is 3.22. The van der Waals surface area contributed by atoms with Crippen LogP contribution in [0.25, 0.3) is 22.0 Å². The van der Waals surface area contributed by atoms with Gasteiger partial charge in [0.25, 0.3) is 0 Å². The molecule has 0 aliphatic rings. The van der Waals surface area contributed by atoms with Gasteiger partial charge in [0.1, 0.15) is 17.3 Å². The second-order valence-electron chi connectivity index (χ2n) is 6.43. The van der Waals surface area contributed by atoms with Crippen LogP contribution in [0.4, 0.5) is 11.5 Å². The Balaban J connectivity index is 1.77. The monoisotopic (exact) mass is 343 g/mol. The molecule has 4 heteroatoms. The maximum absolute atomic E-state index is 6.53. The van der Waals surface area contributed by atoms with E-state index in [1.54, 1.807) is 0 Å². The summed E-state index contributed by atoms with van der Waals surface area (Å²) in [6, 6.07) is 20.3. The number of anilines is 2. The minimum Gasteiger partial charge on any atom is -0.465 e. The summed E-state index contributed by atoms with van der Waals surface area (Å²) in [4.78, 5) is 4.81. The highest BCUT2D eigenvalue weighted by molar-refractivity contribution is 6.04. The lowest BCUT2D eigenvalue weighted by atomic mass is 9.98. The smallest absolute Gasteiger partial charge is 0.132 e. The SMILES string of the molecule is Cc1ccc(CNc2nc3cccc(-c4ccccc4)c3c(N)c2C)o1. The highest BCUT2D eigenvalue weighted by atomic mass is 16.3. The van der Waals surface area contributed by atoms with Crippen LogP contribution in [0.1, 0.15) is 17.1 Å². The number of nitrogens with two attached hydrogens (primary N) is 1. The van der Waals surface area contributed by atoms with Crippen molar-refractivity contribution in [2.75, 3.05) is 11.1 Å². The minimum absolute atomic E-state index is 0.574. The number of pyridine rings is 1. The Morgan fingerprint density at radius 2 is 1.77 bits per heavy atom. The van der Waals surface area contributed by atoms with Crippen LogP contribution in [0, 0.1) is 13.8 Å². The molecule has 130 valence electrons. The van der Waals surface area contributed by atoms with E-state index in [1.807, 2.05) is 56.3 Å². The molecule has 2 aromatic heterocycles. The summed E-state index contributed by atoms with van der Waals surface area (Å²) in [5.41, 5.74) is 11.4. The quantitative estimate of drug-likeness (QED) is 0.527.